The number of rotatable bonds is 1. The molecule has 1 N–H and O–H groups in total. The van der Waals surface area contributed by atoms with Crippen LogP contribution in [-0.2, 0) is 11.2 Å². The molecular formula is C17H22N2O. The van der Waals surface area contributed by atoms with E-state index in [1.54, 1.807) is 0 Å². The van der Waals surface area contributed by atoms with Crippen LogP contribution >= 0.6 is 0 Å². The lowest BCUT2D eigenvalue weighted by Gasteiger charge is -2.33. The van der Waals surface area contributed by atoms with Gasteiger partial charge in [-0.25, -0.2) is 0 Å². The van der Waals surface area contributed by atoms with Crippen LogP contribution in [0, 0.1) is 5.92 Å². The maximum absolute atomic E-state index is 12.8. The maximum Gasteiger partial charge on any atom is 0.245 e. The highest BCUT2D eigenvalue weighted by molar-refractivity contribution is 5.88. The molecule has 1 aromatic rings. The highest BCUT2D eigenvalue weighted by Crippen LogP contribution is 2.37. The SMILES string of the molecule is O=C([C@@H]1Cc2ccccc2N1)N1CCC2CCCCC21. The van der Waals surface area contributed by atoms with Crippen LogP contribution in [0.4, 0.5) is 5.69 Å². The van der Waals surface area contributed by atoms with Gasteiger partial charge in [0.15, 0.2) is 0 Å². The summed E-state index contributed by atoms with van der Waals surface area (Å²) in [6, 6.07) is 8.79. The van der Waals surface area contributed by atoms with Crippen LogP contribution in [0.15, 0.2) is 24.3 Å². The third-order valence-corrected chi connectivity index (χ3v) is 5.36. The van der Waals surface area contributed by atoms with Crippen molar-refractivity contribution in [1.82, 2.24) is 4.90 Å². The molecule has 2 fully saturated rings. The molecule has 20 heavy (non-hydrogen) atoms. The fraction of sp³-hybridized carbons (Fsp3) is 0.588. The summed E-state index contributed by atoms with van der Waals surface area (Å²) >= 11 is 0. The molecule has 2 unspecified atom stereocenters. The fourth-order valence-electron chi connectivity index (χ4n) is 4.33. The van der Waals surface area contributed by atoms with E-state index < -0.39 is 0 Å². The number of carbonyl (C=O) groups is 1. The minimum atomic E-state index is -0.0342. The van der Waals surface area contributed by atoms with Gasteiger partial charge in [-0.15, -0.1) is 0 Å². The molecule has 3 aliphatic rings. The van der Waals surface area contributed by atoms with Crippen molar-refractivity contribution in [2.24, 2.45) is 5.92 Å². The van der Waals surface area contributed by atoms with Gasteiger partial charge in [0.05, 0.1) is 0 Å². The molecule has 2 heterocycles. The molecule has 0 spiro atoms. The molecule has 1 aliphatic carbocycles. The molecule has 2 aliphatic heterocycles. The quantitative estimate of drug-likeness (QED) is 0.851. The highest BCUT2D eigenvalue weighted by Gasteiger charge is 2.41. The molecule has 4 rings (SSSR count). The number of hydrogen-bond acceptors (Lipinski definition) is 2. The Morgan fingerprint density at radius 3 is 2.90 bits per heavy atom. The van der Waals surface area contributed by atoms with E-state index >= 15 is 0 Å². The zero-order valence-electron chi connectivity index (χ0n) is 11.8. The van der Waals surface area contributed by atoms with Gasteiger partial charge in [0.1, 0.15) is 6.04 Å². The van der Waals surface area contributed by atoms with E-state index in [0.29, 0.717) is 11.9 Å². The van der Waals surface area contributed by atoms with Crippen molar-refractivity contribution < 1.29 is 4.79 Å². The second-order valence-corrected chi connectivity index (χ2v) is 6.49. The summed E-state index contributed by atoms with van der Waals surface area (Å²) in [6.07, 6.45) is 7.27. The van der Waals surface area contributed by atoms with Crippen LogP contribution in [0.25, 0.3) is 0 Å². The van der Waals surface area contributed by atoms with Crippen molar-refractivity contribution in [3.8, 4) is 0 Å². The van der Waals surface area contributed by atoms with E-state index in [1.165, 1.54) is 37.7 Å². The molecule has 1 saturated carbocycles. The van der Waals surface area contributed by atoms with Crippen molar-refractivity contribution in [3.05, 3.63) is 29.8 Å². The second kappa shape index (κ2) is 4.80. The summed E-state index contributed by atoms with van der Waals surface area (Å²) in [7, 11) is 0. The van der Waals surface area contributed by atoms with Crippen LogP contribution in [0.1, 0.15) is 37.7 Å². The predicted molar refractivity (Wildman–Crippen MR) is 79.6 cm³/mol. The van der Waals surface area contributed by atoms with E-state index in [4.69, 9.17) is 0 Å². The summed E-state index contributed by atoms with van der Waals surface area (Å²) in [4.78, 5) is 15.0. The van der Waals surface area contributed by atoms with Crippen molar-refractivity contribution in [3.63, 3.8) is 0 Å². The zero-order valence-corrected chi connectivity index (χ0v) is 11.8. The predicted octanol–water partition coefficient (Wildman–Crippen LogP) is 2.81. The molecule has 1 saturated heterocycles. The Morgan fingerprint density at radius 1 is 1.15 bits per heavy atom. The van der Waals surface area contributed by atoms with Crippen molar-refractivity contribution in [2.45, 2.75) is 50.6 Å². The van der Waals surface area contributed by atoms with Gasteiger partial charge in [-0.2, -0.15) is 0 Å². The Bertz CT molecular complexity index is 502. The average molecular weight is 270 g/mol. The molecule has 3 heteroatoms. The molecule has 3 atom stereocenters. The third kappa shape index (κ3) is 1.91. The third-order valence-electron chi connectivity index (χ3n) is 5.36. The van der Waals surface area contributed by atoms with Crippen LogP contribution in [-0.4, -0.2) is 29.4 Å². The molecule has 1 aromatic carbocycles. The summed E-state index contributed by atoms with van der Waals surface area (Å²) in [6.45, 7) is 0.975. The lowest BCUT2D eigenvalue weighted by atomic mass is 9.85. The molecular weight excluding hydrogens is 248 g/mol. The average Bonchev–Trinajstić information content (AvgIpc) is 3.10. The lowest BCUT2D eigenvalue weighted by molar-refractivity contribution is -0.133. The van der Waals surface area contributed by atoms with Gasteiger partial charge >= 0.3 is 0 Å². The number of likely N-dealkylation sites (tertiary alicyclic amines) is 1. The Balaban J connectivity index is 1.49. The van der Waals surface area contributed by atoms with Crippen LogP contribution in [0.5, 0.6) is 0 Å². The van der Waals surface area contributed by atoms with Gasteiger partial charge in [0.25, 0.3) is 0 Å². The first kappa shape index (κ1) is 12.2. The van der Waals surface area contributed by atoms with Crippen LogP contribution in [0.3, 0.4) is 0 Å². The molecule has 0 aromatic heterocycles. The number of anilines is 1. The summed E-state index contributed by atoms with van der Waals surface area (Å²) in [5, 5.41) is 3.42. The topological polar surface area (TPSA) is 32.3 Å². The van der Waals surface area contributed by atoms with Gasteiger partial charge in [-0.1, -0.05) is 31.0 Å². The molecule has 0 bridgehead atoms. The molecule has 1 amide bonds. The van der Waals surface area contributed by atoms with Crippen molar-refractivity contribution in [1.29, 1.82) is 0 Å². The normalized spacial score (nSPS) is 31.6. The number of carbonyl (C=O) groups excluding carboxylic acids is 1. The van der Waals surface area contributed by atoms with Crippen LogP contribution < -0.4 is 5.32 Å². The smallest absolute Gasteiger partial charge is 0.245 e. The van der Waals surface area contributed by atoms with Gasteiger partial charge in [0.2, 0.25) is 5.91 Å². The van der Waals surface area contributed by atoms with E-state index in [-0.39, 0.29) is 6.04 Å². The first-order valence-electron chi connectivity index (χ1n) is 7.98. The Hall–Kier alpha value is -1.51. The van der Waals surface area contributed by atoms with Gasteiger partial charge < -0.3 is 10.2 Å². The summed E-state index contributed by atoms with van der Waals surface area (Å²) in [5.41, 5.74) is 2.43. The van der Waals surface area contributed by atoms with Crippen molar-refractivity contribution in [2.75, 3.05) is 11.9 Å². The monoisotopic (exact) mass is 270 g/mol. The lowest BCUT2D eigenvalue weighted by Crippen LogP contribution is -2.46. The minimum Gasteiger partial charge on any atom is -0.373 e. The Morgan fingerprint density at radius 2 is 2.00 bits per heavy atom. The Labute approximate surface area is 120 Å². The number of para-hydroxylation sites is 1. The summed E-state index contributed by atoms with van der Waals surface area (Å²) < 4.78 is 0. The second-order valence-electron chi connectivity index (χ2n) is 6.49. The van der Waals surface area contributed by atoms with Gasteiger partial charge in [0, 0.05) is 24.7 Å². The number of benzene rings is 1. The Kier molecular flexibility index (Phi) is 2.94. The number of amides is 1. The first-order valence-corrected chi connectivity index (χ1v) is 7.98. The standard InChI is InChI=1S/C17H22N2O/c20-17(15-11-13-6-1-3-7-14(13)18-15)19-10-9-12-5-2-4-8-16(12)19/h1,3,6-7,12,15-16,18H,2,4-5,8-11H2/t12?,15-,16?/m0/s1. The van der Waals surface area contributed by atoms with Crippen molar-refractivity contribution >= 4 is 11.6 Å². The van der Waals surface area contributed by atoms with Gasteiger partial charge in [-0.05, 0) is 36.8 Å². The molecule has 0 radical (unpaired) electrons. The molecule has 3 nitrogen and oxygen atoms in total. The van der Waals surface area contributed by atoms with E-state index in [2.05, 4.69) is 28.4 Å². The molecule has 106 valence electrons. The highest BCUT2D eigenvalue weighted by atomic mass is 16.2. The first-order chi connectivity index (χ1) is 9.83. The number of nitrogens with one attached hydrogen (secondary N) is 1. The van der Waals surface area contributed by atoms with Gasteiger partial charge in [-0.3, -0.25) is 4.79 Å². The number of hydrogen-bond donors (Lipinski definition) is 1. The van der Waals surface area contributed by atoms with E-state index in [9.17, 15) is 4.79 Å². The number of nitrogens with zero attached hydrogens (tertiary/aromatic N) is 1. The number of fused-ring (bicyclic) bond motifs is 2. The summed E-state index contributed by atoms with van der Waals surface area (Å²) in [5.74, 6) is 1.10. The van der Waals surface area contributed by atoms with E-state index in [1.807, 2.05) is 6.07 Å². The maximum atomic E-state index is 12.8. The van der Waals surface area contributed by atoms with Crippen LogP contribution in [0.2, 0.25) is 0 Å². The minimum absolute atomic E-state index is 0.0342. The fourth-order valence-corrected chi connectivity index (χ4v) is 4.33. The largest absolute Gasteiger partial charge is 0.373 e. The zero-order chi connectivity index (χ0) is 13.5. The van der Waals surface area contributed by atoms with E-state index in [0.717, 1.165) is 24.6 Å².